The van der Waals surface area contributed by atoms with Crippen LogP contribution in [0.5, 0.6) is 0 Å². The predicted octanol–water partition coefficient (Wildman–Crippen LogP) is 0.750. The van der Waals surface area contributed by atoms with E-state index in [0.29, 0.717) is 6.04 Å². The van der Waals surface area contributed by atoms with Gasteiger partial charge in [0.2, 0.25) is 0 Å². The first-order valence-electron chi connectivity index (χ1n) is 5.87. The highest BCUT2D eigenvalue weighted by Crippen LogP contribution is 2.10. The summed E-state index contributed by atoms with van der Waals surface area (Å²) in [6.07, 6.45) is 1.26. The van der Waals surface area contributed by atoms with E-state index in [1.807, 2.05) is 0 Å². The Balaban J connectivity index is 2.31. The first-order valence-corrected chi connectivity index (χ1v) is 5.87. The molecule has 0 aromatic carbocycles. The van der Waals surface area contributed by atoms with Crippen LogP contribution < -0.4 is 5.73 Å². The lowest BCUT2D eigenvalue weighted by atomic mass is 10.1. The minimum absolute atomic E-state index is 0.550. The van der Waals surface area contributed by atoms with Gasteiger partial charge in [-0.1, -0.05) is 6.92 Å². The largest absolute Gasteiger partial charge is 0.329 e. The van der Waals surface area contributed by atoms with Gasteiger partial charge in [0.15, 0.2) is 0 Å². The molecule has 0 bridgehead atoms. The molecule has 0 radical (unpaired) electrons. The molecule has 1 rings (SSSR count). The molecule has 0 amide bonds. The van der Waals surface area contributed by atoms with Crippen LogP contribution in [0.1, 0.15) is 27.2 Å². The highest BCUT2D eigenvalue weighted by molar-refractivity contribution is 4.78. The monoisotopic (exact) mass is 199 g/mol. The van der Waals surface area contributed by atoms with E-state index in [9.17, 15) is 0 Å². The maximum absolute atomic E-state index is 5.67. The Labute approximate surface area is 88.2 Å². The summed E-state index contributed by atoms with van der Waals surface area (Å²) in [6.45, 7) is 12.4. The zero-order chi connectivity index (χ0) is 10.6. The molecule has 2 N–H and O–H groups in total. The molecule has 2 unspecified atom stereocenters. The van der Waals surface area contributed by atoms with Gasteiger partial charge >= 0.3 is 0 Å². The van der Waals surface area contributed by atoms with E-state index in [1.165, 1.54) is 32.6 Å². The molecule has 0 saturated carbocycles. The van der Waals surface area contributed by atoms with Gasteiger partial charge in [-0.15, -0.1) is 0 Å². The van der Waals surface area contributed by atoms with Crippen LogP contribution in [-0.2, 0) is 0 Å². The van der Waals surface area contributed by atoms with Crippen LogP contribution in [0.3, 0.4) is 0 Å². The SMILES string of the molecule is CCC(C)N1CCN(C(C)CN)CC1. The summed E-state index contributed by atoms with van der Waals surface area (Å²) in [6, 6.07) is 1.29. The summed E-state index contributed by atoms with van der Waals surface area (Å²) >= 11 is 0. The van der Waals surface area contributed by atoms with Gasteiger partial charge in [-0.3, -0.25) is 9.80 Å². The van der Waals surface area contributed by atoms with E-state index in [2.05, 4.69) is 30.6 Å². The minimum Gasteiger partial charge on any atom is -0.329 e. The molecule has 0 aromatic rings. The van der Waals surface area contributed by atoms with Gasteiger partial charge in [-0.05, 0) is 20.3 Å². The highest BCUT2D eigenvalue weighted by atomic mass is 15.3. The first-order chi connectivity index (χ1) is 6.69. The van der Waals surface area contributed by atoms with Crippen LogP contribution >= 0.6 is 0 Å². The quantitative estimate of drug-likeness (QED) is 0.725. The highest BCUT2D eigenvalue weighted by Gasteiger charge is 2.22. The summed E-state index contributed by atoms with van der Waals surface area (Å²) in [5.41, 5.74) is 5.67. The fraction of sp³-hybridized carbons (Fsp3) is 1.00. The van der Waals surface area contributed by atoms with Crippen molar-refractivity contribution in [2.24, 2.45) is 5.73 Å². The lowest BCUT2D eigenvalue weighted by molar-refractivity contribution is 0.0796. The molecule has 1 saturated heterocycles. The van der Waals surface area contributed by atoms with Crippen molar-refractivity contribution >= 4 is 0 Å². The third-order valence-electron chi connectivity index (χ3n) is 3.53. The van der Waals surface area contributed by atoms with Gasteiger partial charge in [0.1, 0.15) is 0 Å². The summed E-state index contributed by atoms with van der Waals surface area (Å²) in [5, 5.41) is 0. The van der Waals surface area contributed by atoms with E-state index < -0.39 is 0 Å². The molecule has 3 heteroatoms. The lowest BCUT2D eigenvalue weighted by Gasteiger charge is -2.40. The van der Waals surface area contributed by atoms with Crippen molar-refractivity contribution in [3.05, 3.63) is 0 Å². The third kappa shape index (κ3) is 2.94. The normalized spacial score (nSPS) is 24.9. The Hall–Kier alpha value is -0.120. The van der Waals surface area contributed by atoms with E-state index in [0.717, 1.165) is 12.6 Å². The molecule has 84 valence electrons. The fourth-order valence-corrected chi connectivity index (χ4v) is 2.03. The van der Waals surface area contributed by atoms with Crippen molar-refractivity contribution in [3.63, 3.8) is 0 Å². The number of nitrogens with two attached hydrogens (primary N) is 1. The molecule has 0 aliphatic carbocycles. The molecule has 1 aliphatic rings. The molecule has 1 fully saturated rings. The van der Waals surface area contributed by atoms with Gasteiger partial charge in [0, 0.05) is 44.8 Å². The maximum Gasteiger partial charge on any atom is 0.0191 e. The number of hydrogen-bond donors (Lipinski definition) is 1. The van der Waals surface area contributed by atoms with Crippen LogP contribution in [0, 0.1) is 0 Å². The second-order valence-corrected chi connectivity index (χ2v) is 4.41. The van der Waals surface area contributed by atoms with Gasteiger partial charge in [0.25, 0.3) is 0 Å². The van der Waals surface area contributed by atoms with Crippen molar-refractivity contribution in [2.75, 3.05) is 32.7 Å². The van der Waals surface area contributed by atoms with E-state index in [1.54, 1.807) is 0 Å². The van der Waals surface area contributed by atoms with Crippen LogP contribution in [-0.4, -0.2) is 54.6 Å². The molecule has 0 spiro atoms. The zero-order valence-electron chi connectivity index (χ0n) is 9.87. The average molecular weight is 199 g/mol. The standard InChI is InChI=1S/C11H25N3/c1-4-10(2)13-5-7-14(8-6-13)11(3)9-12/h10-11H,4-9,12H2,1-3H3. The lowest BCUT2D eigenvalue weighted by Crippen LogP contribution is -2.53. The van der Waals surface area contributed by atoms with Crippen LogP contribution in [0.2, 0.25) is 0 Å². The fourth-order valence-electron chi connectivity index (χ4n) is 2.03. The van der Waals surface area contributed by atoms with Crippen molar-refractivity contribution in [1.29, 1.82) is 0 Å². The van der Waals surface area contributed by atoms with E-state index in [4.69, 9.17) is 5.73 Å². The predicted molar refractivity (Wildman–Crippen MR) is 61.4 cm³/mol. The topological polar surface area (TPSA) is 32.5 Å². The molecule has 1 heterocycles. The number of hydrogen-bond acceptors (Lipinski definition) is 3. The maximum atomic E-state index is 5.67. The summed E-state index contributed by atoms with van der Waals surface area (Å²) in [4.78, 5) is 5.08. The average Bonchev–Trinajstić information content (AvgIpc) is 2.27. The second-order valence-electron chi connectivity index (χ2n) is 4.41. The van der Waals surface area contributed by atoms with Crippen molar-refractivity contribution < 1.29 is 0 Å². The zero-order valence-corrected chi connectivity index (χ0v) is 9.87. The molecule has 2 atom stereocenters. The molecule has 1 aliphatic heterocycles. The summed E-state index contributed by atoms with van der Waals surface area (Å²) < 4.78 is 0. The van der Waals surface area contributed by atoms with Gasteiger partial charge in [-0.2, -0.15) is 0 Å². The molecule has 0 aromatic heterocycles. The Kier molecular flexibility index (Phi) is 4.85. The van der Waals surface area contributed by atoms with Crippen LogP contribution in [0.15, 0.2) is 0 Å². The Bertz CT molecular complexity index is 135. The Morgan fingerprint density at radius 2 is 1.43 bits per heavy atom. The Morgan fingerprint density at radius 3 is 1.79 bits per heavy atom. The summed E-state index contributed by atoms with van der Waals surface area (Å²) in [5.74, 6) is 0. The molecule has 14 heavy (non-hydrogen) atoms. The molecule has 3 nitrogen and oxygen atoms in total. The smallest absolute Gasteiger partial charge is 0.0191 e. The van der Waals surface area contributed by atoms with Crippen molar-refractivity contribution in [3.8, 4) is 0 Å². The van der Waals surface area contributed by atoms with Crippen molar-refractivity contribution in [1.82, 2.24) is 9.80 Å². The summed E-state index contributed by atoms with van der Waals surface area (Å²) in [7, 11) is 0. The molecular weight excluding hydrogens is 174 g/mol. The van der Waals surface area contributed by atoms with Gasteiger partial charge < -0.3 is 5.73 Å². The minimum atomic E-state index is 0.550. The van der Waals surface area contributed by atoms with E-state index in [-0.39, 0.29) is 0 Å². The van der Waals surface area contributed by atoms with Crippen LogP contribution in [0.4, 0.5) is 0 Å². The van der Waals surface area contributed by atoms with Crippen LogP contribution in [0.25, 0.3) is 0 Å². The van der Waals surface area contributed by atoms with E-state index >= 15 is 0 Å². The number of rotatable bonds is 4. The second kappa shape index (κ2) is 5.69. The van der Waals surface area contributed by atoms with Gasteiger partial charge in [0.05, 0.1) is 0 Å². The Morgan fingerprint density at radius 1 is 1.00 bits per heavy atom. The van der Waals surface area contributed by atoms with Gasteiger partial charge in [-0.25, -0.2) is 0 Å². The molecular formula is C11H25N3. The third-order valence-corrected chi connectivity index (χ3v) is 3.53. The number of piperazine rings is 1. The number of nitrogens with zero attached hydrogens (tertiary/aromatic N) is 2. The van der Waals surface area contributed by atoms with Crippen molar-refractivity contribution in [2.45, 2.75) is 39.3 Å². The first kappa shape index (κ1) is 12.0.